The molecule has 0 bridgehead atoms. The number of allylic oxidation sites excluding steroid dienone is 2. The van der Waals surface area contributed by atoms with Crippen molar-refractivity contribution in [2.45, 2.75) is 34.2 Å². The Morgan fingerprint density at radius 2 is 1.62 bits per heavy atom. The molecule has 1 heterocycles. The van der Waals surface area contributed by atoms with Crippen molar-refractivity contribution in [3.05, 3.63) is 28.4 Å². The smallest absolute Gasteiger partial charge is 0.209 e. The zero-order valence-corrected chi connectivity index (χ0v) is 9.92. The lowest BCUT2D eigenvalue weighted by Crippen LogP contribution is -2.22. The first-order valence-corrected chi connectivity index (χ1v) is 5.33. The minimum Gasteiger partial charge on any atom is -0.325 e. The number of nitrogens with zero attached hydrogens (tertiary/aromatic N) is 2. The van der Waals surface area contributed by atoms with E-state index in [1.807, 2.05) is 13.8 Å². The summed E-state index contributed by atoms with van der Waals surface area (Å²) in [4.78, 5) is 28.3. The molecule has 0 aromatic carbocycles. The van der Waals surface area contributed by atoms with Crippen LogP contribution in [0.5, 0.6) is 0 Å². The van der Waals surface area contributed by atoms with E-state index in [0.29, 0.717) is 29.1 Å². The Kier molecular flexibility index (Phi) is 2.30. The number of carbonyl (C=O) groups excluding carboxylic acids is 2. The Balaban J connectivity index is 2.76. The summed E-state index contributed by atoms with van der Waals surface area (Å²) in [5, 5.41) is 0. The quantitative estimate of drug-likeness (QED) is 0.723. The molecular formula is C12H14N2O2. The molecule has 1 aromatic rings. The van der Waals surface area contributed by atoms with Crippen LogP contribution in [0, 0.1) is 6.92 Å². The minimum atomic E-state index is -0.123. The molecule has 0 radical (unpaired) electrons. The molecule has 84 valence electrons. The van der Waals surface area contributed by atoms with Gasteiger partial charge in [-0.2, -0.15) is 0 Å². The zero-order valence-electron chi connectivity index (χ0n) is 9.92. The first kappa shape index (κ1) is 10.8. The van der Waals surface area contributed by atoms with E-state index >= 15 is 0 Å². The normalized spacial score (nSPS) is 15.8. The van der Waals surface area contributed by atoms with E-state index < -0.39 is 0 Å². The van der Waals surface area contributed by atoms with Crippen LogP contribution >= 0.6 is 0 Å². The largest absolute Gasteiger partial charge is 0.325 e. The van der Waals surface area contributed by atoms with Crippen LogP contribution in [0.1, 0.15) is 47.6 Å². The highest BCUT2D eigenvalue weighted by atomic mass is 16.1. The maximum atomic E-state index is 12.1. The number of imidazole rings is 1. The monoisotopic (exact) mass is 218 g/mol. The van der Waals surface area contributed by atoms with Crippen molar-refractivity contribution in [2.75, 3.05) is 0 Å². The standard InChI is InChI=1S/C12H14N2O2/c1-5-14-8(4)13-9-10(14)12(16)7(3)6(2)11(9)15/h5H2,1-4H3. The van der Waals surface area contributed by atoms with E-state index in [0.717, 1.165) is 5.82 Å². The number of rotatable bonds is 1. The van der Waals surface area contributed by atoms with E-state index in [1.54, 1.807) is 18.4 Å². The van der Waals surface area contributed by atoms with Crippen LogP contribution in [0.4, 0.5) is 0 Å². The summed E-state index contributed by atoms with van der Waals surface area (Å²) in [7, 11) is 0. The van der Waals surface area contributed by atoms with Gasteiger partial charge in [0.15, 0.2) is 0 Å². The Morgan fingerprint density at radius 1 is 1.06 bits per heavy atom. The molecule has 0 amide bonds. The van der Waals surface area contributed by atoms with Gasteiger partial charge in [-0.05, 0) is 27.7 Å². The molecule has 0 spiro atoms. The number of hydrogen-bond donors (Lipinski definition) is 0. The number of carbonyl (C=O) groups is 2. The van der Waals surface area contributed by atoms with E-state index in [9.17, 15) is 9.59 Å². The molecule has 1 aliphatic carbocycles. The summed E-state index contributed by atoms with van der Waals surface area (Å²) in [5.74, 6) is 0.522. The molecule has 0 fully saturated rings. The molecular weight excluding hydrogens is 204 g/mol. The third-order valence-corrected chi connectivity index (χ3v) is 3.15. The summed E-state index contributed by atoms with van der Waals surface area (Å²) in [6, 6.07) is 0. The fraction of sp³-hybridized carbons (Fsp3) is 0.417. The number of hydrogen-bond acceptors (Lipinski definition) is 3. The van der Waals surface area contributed by atoms with Gasteiger partial charge in [0.2, 0.25) is 11.6 Å². The van der Waals surface area contributed by atoms with Gasteiger partial charge in [0.05, 0.1) is 0 Å². The summed E-state index contributed by atoms with van der Waals surface area (Å²) in [5.41, 5.74) is 1.81. The third-order valence-electron chi connectivity index (χ3n) is 3.15. The molecule has 4 nitrogen and oxygen atoms in total. The second-order valence-corrected chi connectivity index (χ2v) is 4.01. The molecule has 0 saturated carbocycles. The predicted molar refractivity (Wildman–Crippen MR) is 59.7 cm³/mol. The Morgan fingerprint density at radius 3 is 2.19 bits per heavy atom. The van der Waals surface area contributed by atoms with Crippen LogP contribution in [0.3, 0.4) is 0 Å². The molecule has 1 aromatic heterocycles. The molecule has 1 aliphatic rings. The number of fused-ring (bicyclic) bond motifs is 1. The van der Waals surface area contributed by atoms with Crippen molar-refractivity contribution in [2.24, 2.45) is 0 Å². The van der Waals surface area contributed by atoms with Crippen molar-refractivity contribution >= 4 is 11.6 Å². The predicted octanol–water partition coefficient (Wildman–Crippen LogP) is 1.93. The summed E-state index contributed by atoms with van der Waals surface area (Å²) < 4.78 is 1.80. The summed E-state index contributed by atoms with van der Waals surface area (Å²) in [6.07, 6.45) is 0. The number of aryl methyl sites for hydroxylation is 1. The Bertz CT molecular complexity index is 535. The van der Waals surface area contributed by atoms with E-state index in [-0.39, 0.29) is 11.6 Å². The summed E-state index contributed by atoms with van der Waals surface area (Å²) in [6.45, 7) is 7.78. The number of Topliss-reactive ketones (excluding diaryl/α,β-unsaturated/α-hetero) is 2. The number of aromatic nitrogens is 2. The fourth-order valence-corrected chi connectivity index (χ4v) is 2.04. The first-order valence-electron chi connectivity index (χ1n) is 5.33. The maximum absolute atomic E-state index is 12.1. The van der Waals surface area contributed by atoms with Crippen LogP contribution in [-0.2, 0) is 6.54 Å². The maximum Gasteiger partial charge on any atom is 0.209 e. The average Bonchev–Trinajstić information content (AvgIpc) is 2.60. The van der Waals surface area contributed by atoms with Crippen LogP contribution in [0.15, 0.2) is 11.1 Å². The van der Waals surface area contributed by atoms with E-state index in [1.165, 1.54) is 0 Å². The second-order valence-electron chi connectivity index (χ2n) is 4.01. The van der Waals surface area contributed by atoms with Gasteiger partial charge < -0.3 is 4.57 Å². The molecule has 0 N–H and O–H groups in total. The van der Waals surface area contributed by atoms with Crippen LogP contribution in [0.2, 0.25) is 0 Å². The van der Waals surface area contributed by atoms with Crippen LogP contribution in [-0.4, -0.2) is 21.1 Å². The molecule has 0 aliphatic heterocycles. The molecule has 0 unspecified atom stereocenters. The average molecular weight is 218 g/mol. The van der Waals surface area contributed by atoms with Crippen molar-refractivity contribution in [3.8, 4) is 0 Å². The highest BCUT2D eigenvalue weighted by Gasteiger charge is 2.32. The van der Waals surface area contributed by atoms with Gasteiger partial charge in [-0.15, -0.1) is 0 Å². The minimum absolute atomic E-state index is 0.0745. The lowest BCUT2D eigenvalue weighted by molar-refractivity contribution is 0.0967. The van der Waals surface area contributed by atoms with Gasteiger partial charge in [-0.1, -0.05) is 0 Å². The van der Waals surface area contributed by atoms with Crippen LogP contribution in [0.25, 0.3) is 0 Å². The molecule has 4 heteroatoms. The van der Waals surface area contributed by atoms with Gasteiger partial charge in [0.1, 0.15) is 17.2 Å². The summed E-state index contributed by atoms with van der Waals surface area (Å²) >= 11 is 0. The van der Waals surface area contributed by atoms with Gasteiger partial charge in [-0.25, -0.2) is 4.98 Å². The molecule has 0 atom stereocenters. The van der Waals surface area contributed by atoms with Crippen molar-refractivity contribution in [1.82, 2.24) is 9.55 Å². The Labute approximate surface area is 94.0 Å². The lowest BCUT2D eigenvalue weighted by atomic mass is 9.92. The molecule has 16 heavy (non-hydrogen) atoms. The second kappa shape index (κ2) is 3.40. The first-order chi connectivity index (χ1) is 7.49. The highest BCUT2D eigenvalue weighted by molar-refractivity contribution is 6.25. The highest BCUT2D eigenvalue weighted by Crippen LogP contribution is 2.26. The van der Waals surface area contributed by atoms with Gasteiger partial charge in [-0.3, -0.25) is 9.59 Å². The SMILES string of the molecule is CCn1c(C)nc2c1C(=O)C(C)=C(C)C2=O. The topological polar surface area (TPSA) is 52.0 Å². The van der Waals surface area contributed by atoms with Gasteiger partial charge >= 0.3 is 0 Å². The number of ketones is 2. The molecule has 2 rings (SSSR count). The van der Waals surface area contributed by atoms with E-state index in [4.69, 9.17) is 0 Å². The zero-order chi connectivity index (χ0) is 12.0. The fourth-order valence-electron chi connectivity index (χ4n) is 2.04. The van der Waals surface area contributed by atoms with Gasteiger partial charge in [0.25, 0.3) is 0 Å². The van der Waals surface area contributed by atoms with Crippen molar-refractivity contribution in [3.63, 3.8) is 0 Å². The van der Waals surface area contributed by atoms with Gasteiger partial charge in [0, 0.05) is 17.7 Å². The molecule has 0 saturated heterocycles. The Hall–Kier alpha value is -1.71. The van der Waals surface area contributed by atoms with Crippen LogP contribution < -0.4 is 0 Å². The third kappa shape index (κ3) is 1.19. The lowest BCUT2D eigenvalue weighted by Gasteiger charge is -2.14. The van der Waals surface area contributed by atoms with E-state index in [2.05, 4.69) is 4.98 Å². The van der Waals surface area contributed by atoms with Crippen molar-refractivity contribution in [1.29, 1.82) is 0 Å². The van der Waals surface area contributed by atoms with Crippen molar-refractivity contribution < 1.29 is 9.59 Å².